The van der Waals surface area contributed by atoms with Crippen LogP contribution in [0.15, 0.2) is 36.4 Å². The van der Waals surface area contributed by atoms with Gasteiger partial charge in [0.15, 0.2) is 5.82 Å². The van der Waals surface area contributed by atoms with Crippen molar-refractivity contribution in [1.29, 1.82) is 0 Å². The van der Waals surface area contributed by atoms with Crippen molar-refractivity contribution in [3.05, 3.63) is 65.0 Å². The number of nitrogens with zero attached hydrogens (tertiary/aromatic N) is 4. The van der Waals surface area contributed by atoms with Gasteiger partial charge in [0, 0.05) is 13.1 Å². The van der Waals surface area contributed by atoms with Crippen LogP contribution in [0.25, 0.3) is 11.3 Å². The zero-order valence-corrected chi connectivity index (χ0v) is 17.7. The molecule has 3 aromatic rings. The quantitative estimate of drug-likeness (QED) is 0.620. The summed E-state index contributed by atoms with van der Waals surface area (Å²) in [6.07, 6.45) is 0.684. The maximum atomic E-state index is 14.4. The van der Waals surface area contributed by atoms with Gasteiger partial charge in [-0.25, -0.2) is 13.8 Å². The summed E-state index contributed by atoms with van der Waals surface area (Å²) in [5.74, 6) is -1.81. The second kappa shape index (κ2) is 8.19. The van der Waals surface area contributed by atoms with Crippen molar-refractivity contribution in [3.8, 4) is 11.3 Å². The first-order valence-electron chi connectivity index (χ1n) is 10.6. The summed E-state index contributed by atoms with van der Waals surface area (Å²) in [5.41, 5.74) is 1.33. The molecule has 1 aromatic carbocycles. The molecule has 0 saturated carbocycles. The molecule has 33 heavy (non-hydrogen) atoms. The molecule has 4 heterocycles. The minimum absolute atomic E-state index is 0.0349. The number of carbonyl (C=O) groups excluding carboxylic acids is 2. The van der Waals surface area contributed by atoms with Gasteiger partial charge < -0.3 is 15.5 Å². The topological polar surface area (TPSA) is 100 Å². The molecule has 2 aliphatic rings. The normalized spacial score (nSPS) is 17.3. The molecule has 8 nitrogen and oxygen atoms in total. The Bertz CT molecular complexity index is 1240. The van der Waals surface area contributed by atoms with Gasteiger partial charge in [-0.05, 0) is 43.7 Å². The fourth-order valence-corrected chi connectivity index (χ4v) is 4.26. The lowest BCUT2D eigenvalue weighted by Crippen LogP contribution is -2.26. The van der Waals surface area contributed by atoms with Gasteiger partial charge >= 0.3 is 0 Å². The predicted octanol–water partition coefficient (Wildman–Crippen LogP) is 3.14. The number of rotatable bonds is 5. The second-order valence-corrected chi connectivity index (χ2v) is 7.88. The first-order valence-corrected chi connectivity index (χ1v) is 10.6. The Hall–Kier alpha value is -3.95. The lowest BCUT2D eigenvalue weighted by Gasteiger charge is -2.14. The van der Waals surface area contributed by atoms with E-state index in [-0.39, 0.29) is 41.1 Å². The summed E-state index contributed by atoms with van der Waals surface area (Å²) < 4.78 is 28.7. The van der Waals surface area contributed by atoms with Crippen LogP contribution in [0.3, 0.4) is 0 Å². The third-order valence-electron chi connectivity index (χ3n) is 5.94. The molecular formula is C23H20F2N6O2. The number of halogens is 2. The van der Waals surface area contributed by atoms with Crippen molar-refractivity contribution in [2.45, 2.75) is 25.8 Å². The third-order valence-corrected chi connectivity index (χ3v) is 5.94. The van der Waals surface area contributed by atoms with Crippen LogP contribution in [0.1, 0.15) is 41.0 Å². The number of hydrogen-bond acceptors (Lipinski definition) is 6. The van der Waals surface area contributed by atoms with Crippen molar-refractivity contribution < 1.29 is 18.4 Å². The second-order valence-electron chi connectivity index (χ2n) is 7.88. The Labute approximate surface area is 188 Å². The van der Waals surface area contributed by atoms with E-state index in [1.54, 1.807) is 17.0 Å². The predicted molar refractivity (Wildman–Crippen MR) is 116 cm³/mol. The van der Waals surface area contributed by atoms with E-state index in [4.69, 9.17) is 0 Å². The van der Waals surface area contributed by atoms with Crippen LogP contribution < -0.4 is 10.6 Å². The summed E-state index contributed by atoms with van der Waals surface area (Å²) in [6, 6.07) is 8.37. The minimum atomic E-state index is -0.753. The van der Waals surface area contributed by atoms with Crippen molar-refractivity contribution in [1.82, 2.24) is 25.4 Å². The maximum absolute atomic E-state index is 14.4. The van der Waals surface area contributed by atoms with Gasteiger partial charge in [-0.1, -0.05) is 6.07 Å². The summed E-state index contributed by atoms with van der Waals surface area (Å²) in [5, 5.41) is 14.1. The largest absolute Gasteiger partial charge is 0.346 e. The Balaban J connectivity index is 1.48. The molecule has 0 aliphatic carbocycles. The molecule has 1 fully saturated rings. The first kappa shape index (κ1) is 20.9. The van der Waals surface area contributed by atoms with Crippen LogP contribution in [-0.4, -0.2) is 45.0 Å². The molecule has 0 unspecified atom stereocenters. The Kier molecular flexibility index (Phi) is 5.20. The monoisotopic (exact) mass is 450 g/mol. The highest BCUT2D eigenvalue weighted by Gasteiger charge is 2.33. The number of likely N-dealkylation sites (tertiary alicyclic amines) is 1. The minimum Gasteiger partial charge on any atom is -0.346 e. The first-order chi connectivity index (χ1) is 16.0. The molecule has 10 heteroatoms. The van der Waals surface area contributed by atoms with Crippen LogP contribution in [0.5, 0.6) is 0 Å². The van der Waals surface area contributed by atoms with Crippen molar-refractivity contribution in [2.24, 2.45) is 0 Å². The molecule has 2 aliphatic heterocycles. The number of nitrogens with one attached hydrogen (secondary N) is 2. The third kappa shape index (κ3) is 3.67. The van der Waals surface area contributed by atoms with Crippen LogP contribution in [0, 0.1) is 11.6 Å². The molecule has 0 spiro atoms. The molecule has 1 atom stereocenters. The van der Waals surface area contributed by atoms with E-state index in [1.165, 1.54) is 12.1 Å². The number of aromatic nitrogens is 3. The highest BCUT2D eigenvalue weighted by atomic mass is 19.1. The number of anilines is 2. The molecule has 5 rings (SSSR count). The van der Waals surface area contributed by atoms with Crippen LogP contribution in [-0.2, 0) is 11.3 Å². The number of likely N-dealkylation sites (N-methyl/N-ethyl adjacent to an activating group) is 1. The zero-order chi connectivity index (χ0) is 23.1. The van der Waals surface area contributed by atoms with Crippen LogP contribution in [0.4, 0.5) is 20.3 Å². The van der Waals surface area contributed by atoms with E-state index in [1.807, 2.05) is 6.92 Å². The SMILES string of the molecule is CCN1CC[C@H](c2ccc(Nc3cc(-c4c(F)cccc4F)nc4c3C(=O)NC4)nn2)C1=O. The summed E-state index contributed by atoms with van der Waals surface area (Å²) in [6.45, 7) is 3.43. The highest BCUT2D eigenvalue weighted by molar-refractivity contribution is 6.04. The fourth-order valence-electron chi connectivity index (χ4n) is 4.26. The van der Waals surface area contributed by atoms with Crippen molar-refractivity contribution >= 4 is 23.3 Å². The lowest BCUT2D eigenvalue weighted by atomic mass is 10.0. The number of hydrogen-bond donors (Lipinski definition) is 2. The van der Waals surface area contributed by atoms with Gasteiger partial charge in [-0.15, -0.1) is 5.10 Å². The van der Waals surface area contributed by atoms with Gasteiger partial charge in [0.25, 0.3) is 5.91 Å². The van der Waals surface area contributed by atoms with Crippen molar-refractivity contribution in [3.63, 3.8) is 0 Å². The molecule has 0 bridgehead atoms. The van der Waals surface area contributed by atoms with Gasteiger partial charge in [0.1, 0.15) is 11.6 Å². The number of carbonyl (C=O) groups is 2. The fraction of sp³-hybridized carbons (Fsp3) is 0.261. The summed E-state index contributed by atoms with van der Waals surface area (Å²) >= 11 is 0. The lowest BCUT2D eigenvalue weighted by molar-refractivity contribution is -0.128. The maximum Gasteiger partial charge on any atom is 0.255 e. The van der Waals surface area contributed by atoms with E-state index < -0.39 is 11.6 Å². The van der Waals surface area contributed by atoms with E-state index in [0.29, 0.717) is 42.4 Å². The van der Waals surface area contributed by atoms with Crippen molar-refractivity contribution in [2.75, 3.05) is 18.4 Å². The van der Waals surface area contributed by atoms with E-state index in [2.05, 4.69) is 25.8 Å². The highest BCUT2D eigenvalue weighted by Crippen LogP contribution is 2.33. The number of amides is 2. The zero-order valence-electron chi connectivity index (χ0n) is 17.7. The summed E-state index contributed by atoms with van der Waals surface area (Å²) in [4.78, 5) is 30.9. The molecule has 1 saturated heterocycles. The number of fused-ring (bicyclic) bond motifs is 1. The van der Waals surface area contributed by atoms with Crippen LogP contribution >= 0.6 is 0 Å². The molecule has 2 amide bonds. The molecule has 2 aromatic heterocycles. The smallest absolute Gasteiger partial charge is 0.255 e. The average Bonchev–Trinajstić information content (AvgIpc) is 3.36. The Morgan fingerprint density at radius 3 is 2.58 bits per heavy atom. The molecule has 168 valence electrons. The molecule has 2 N–H and O–H groups in total. The van der Waals surface area contributed by atoms with E-state index in [0.717, 1.165) is 12.1 Å². The van der Waals surface area contributed by atoms with E-state index in [9.17, 15) is 18.4 Å². The van der Waals surface area contributed by atoms with Gasteiger partial charge in [-0.2, -0.15) is 5.10 Å². The number of benzene rings is 1. The van der Waals surface area contributed by atoms with Gasteiger partial charge in [0.05, 0.1) is 46.4 Å². The molecule has 0 radical (unpaired) electrons. The Morgan fingerprint density at radius 2 is 1.91 bits per heavy atom. The summed E-state index contributed by atoms with van der Waals surface area (Å²) in [7, 11) is 0. The van der Waals surface area contributed by atoms with E-state index >= 15 is 0 Å². The standard InChI is InChI=1S/C23H20F2N6O2/c1-2-31-9-8-12(23(31)33)15-6-7-19(30-29-15)28-17-10-16(20-13(24)4-3-5-14(20)25)27-18-11-26-22(32)21(17)18/h3-7,10,12H,2,8-9,11H2,1H3,(H,26,32)(H,27,28,30)/t12-/m1/s1. The number of pyridine rings is 1. The van der Waals surface area contributed by atoms with Gasteiger partial charge in [0.2, 0.25) is 5.91 Å². The molecular weight excluding hydrogens is 430 g/mol. The van der Waals surface area contributed by atoms with Gasteiger partial charge in [-0.3, -0.25) is 9.59 Å². The Morgan fingerprint density at radius 1 is 1.12 bits per heavy atom. The average molecular weight is 450 g/mol. The van der Waals surface area contributed by atoms with Crippen LogP contribution in [0.2, 0.25) is 0 Å².